The maximum Gasteiger partial charge on any atom is 0.573 e. The van der Waals surface area contributed by atoms with Crippen LogP contribution < -0.4 is 9.46 Å². The summed E-state index contributed by atoms with van der Waals surface area (Å²) in [6.07, 6.45) is -4.89. The van der Waals surface area contributed by atoms with Gasteiger partial charge in [0.25, 0.3) is 0 Å². The van der Waals surface area contributed by atoms with Gasteiger partial charge in [-0.05, 0) is 31.8 Å². The van der Waals surface area contributed by atoms with Crippen molar-refractivity contribution in [1.29, 1.82) is 0 Å². The first-order chi connectivity index (χ1) is 12.1. The van der Waals surface area contributed by atoms with Gasteiger partial charge in [0.1, 0.15) is 5.75 Å². The molecule has 0 heterocycles. The first-order valence-corrected chi connectivity index (χ1v) is 9.14. The van der Waals surface area contributed by atoms with E-state index in [9.17, 15) is 21.6 Å². The third-order valence-corrected chi connectivity index (χ3v) is 5.05. The van der Waals surface area contributed by atoms with Gasteiger partial charge in [0.15, 0.2) is 0 Å². The normalized spacial score (nSPS) is 13.6. The third-order valence-electron chi connectivity index (χ3n) is 3.62. The summed E-state index contributed by atoms with van der Waals surface area (Å²) < 4.78 is 68.0. The highest BCUT2D eigenvalue weighted by Crippen LogP contribution is 2.25. The Kier molecular flexibility index (Phi) is 6.27. The fourth-order valence-corrected chi connectivity index (χ4v) is 3.46. The number of rotatable bonds is 7. The highest BCUT2D eigenvalue weighted by atomic mass is 32.2. The molecule has 0 aliphatic carbocycles. The Labute approximate surface area is 150 Å². The number of hydrogen-bond acceptors (Lipinski definition) is 4. The van der Waals surface area contributed by atoms with Gasteiger partial charge in [0.05, 0.1) is 4.90 Å². The molecule has 1 N–H and O–H groups in total. The van der Waals surface area contributed by atoms with E-state index in [4.69, 9.17) is 0 Å². The van der Waals surface area contributed by atoms with E-state index in [1.165, 1.54) is 12.1 Å². The molecule has 0 bridgehead atoms. The minimum atomic E-state index is -4.89. The van der Waals surface area contributed by atoms with E-state index >= 15 is 0 Å². The second-order valence-electron chi connectivity index (χ2n) is 5.76. The lowest BCUT2D eigenvalue weighted by Crippen LogP contribution is -2.34. The van der Waals surface area contributed by atoms with E-state index in [1.807, 2.05) is 49.3 Å². The summed E-state index contributed by atoms with van der Waals surface area (Å²) in [4.78, 5) is 1.55. The van der Waals surface area contributed by atoms with Crippen LogP contribution in [-0.4, -0.2) is 40.3 Å². The van der Waals surface area contributed by atoms with Crippen molar-refractivity contribution < 1.29 is 26.3 Å². The van der Waals surface area contributed by atoms with Crippen molar-refractivity contribution in [1.82, 2.24) is 9.62 Å². The summed E-state index contributed by atoms with van der Waals surface area (Å²) in [5.74, 6) is -0.590. The van der Waals surface area contributed by atoms with E-state index in [0.717, 1.165) is 17.7 Å². The van der Waals surface area contributed by atoms with Gasteiger partial charge >= 0.3 is 6.36 Å². The maximum absolute atomic E-state index is 12.4. The number of likely N-dealkylation sites (N-methyl/N-ethyl adjacent to an activating group) is 1. The zero-order valence-corrected chi connectivity index (χ0v) is 15.0. The van der Waals surface area contributed by atoms with E-state index in [-0.39, 0.29) is 17.5 Å². The van der Waals surface area contributed by atoms with Crippen LogP contribution in [-0.2, 0) is 10.0 Å². The molecule has 0 spiro atoms. The minimum Gasteiger partial charge on any atom is -0.406 e. The molecule has 0 aliphatic rings. The van der Waals surface area contributed by atoms with Crippen molar-refractivity contribution in [3.05, 3.63) is 60.2 Å². The number of nitrogens with zero attached hydrogens (tertiary/aromatic N) is 1. The lowest BCUT2D eigenvalue weighted by Gasteiger charge is -2.25. The first kappa shape index (κ1) is 20.2. The Morgan fingerprint density at radius 2 is 1.73 bits per heavy atom. The zero-order chi connectivity index (χ0) is 19.4. The highest BCUT2D eigenvalue weighted by molar-refractivity contribution is 7.89. The maximum atomic E-state index is 12.4. The second-order valence-corrected chi connectivity index (χ2v) is 7.53. The zero-order valence-electron chi connectivity index (χ0n) is 14.2. The number of hydrogen-bond donors (Lipinski definition) is 1. The fourth-order valence-electron chi connectivity index (χ4n) is 2.38. The van der Waals surface area contributed by atoms with Crippen LogP contribution in [0.3, 0.4) is 0 Å². The predicted octanol–water partition coefficient (Wildman–Crippen LogP) is 3.17. The van der Waals surface area contributed by atoms with Crippen LogP contribution in [0.5, 0.6) is 5.75 Å². The molecular weight excluding hydrogens is 369 g/mol. The van der Waals surface area contributed by atoms with Crippen molar-refractivity contribution in [3.8, 4) is 5.75 Å². The van der Waals surface area contributed by atoms with Crippen LogP contribution in [0.1, 0.15) is 11.6 Å². The molecule has 5 nitrogen and oxygen atoms in total. The van der Waals surface area contributed by atoms with Crippen LogP contribution in [0.2, 0.25) is 0 Å². The molecule has 0 aromatic heterocycles. The number of ether oxygens (including phenoxy) is 1. The molecule has 26 heavy (non-hydrogen) atoms. The standard InChI is InChI=1S/C17H19F3N2O3S/c1-22(2)16(13-7-4-3-5-8-13)12-21-26(23,24)15-10-6-9-14(11-15)25-17(18,19)20/h3-11,16,21H,12H2,1-2H3. The summed E-state index contributed by atoms with van der Waals surface area (Å²) in [5, 5.41) is 0. The van der Waals surface area contributed by atoms with Crippen molar-refractivity contribution in [2.24, 2.45) is 0 Å². The molecule has 0 saturated heterocycles. The van der Waals surface area contributed by atoms with Crippen molar-refractivity contribution in [2.75, 3.05) is 20.6 Å². The van der Waals surface area contributed by atoms with Crippen molar-refractivity contribution in [2.45, 2.75) is 17.3 Å². The van der Waals surface area contributed by atoms with Crippen LogP contribution in [0.15, 0.2) is 59.5 Å². The lowest BCUT2D eigenvalue weighted by atomic mass is 10.1. The number of halogens is 3. The predicted molar refractivity (Wildman–Crippen MR) is 91.2 cm³/mol. The first-order valence-electron chi connectivity index (χ1n) is 7.65. The Balaban J connectivity index is 2.16. The van der Waals surface area contributed by atoms with Gasteiger partial charge in [-0.2, -0.15) is 0 Å². The Hall–Kier alpha value is -2.10. The summed E-state index contributed by atoms with van der Waals surface area (Å²) in [6.45, 7) is 0.0592. The minimum absolute atomic E-state index is 0.0592. The third kappa shape index (κ3) is 5.72. The highest BCUT2D eigenvalue weighted by Gasteiger charge is 2.31. The van der Waals surface area contributed by atoms with Gasteiger partial charge in [-0.15, -0.1) is 13.2 Å². The average Bonchev–Trinajstić information content (AvgIpc) is 2.54. The van der Waals surface area contributed by atoms with Gasteiger partial charge in [-0.1, -0.05) is 36.4 Å². The molecule has 0 amide bonds. The largest absolute Gasteiger partial charge is 0.573 e. The summed E-state index contributed by atoms with van der Waals surface area (Å²) >= 11 is 0. The Bertz CT molecular complexity index is 825. The Morgan fingerprint density at radius 1 is 1.08 bits per heavy atom. The summed E-state index contributed by atoms with van der Waals surface area (Å²) in [5.41, 5.74) is 0.911. The van der Waals surface area contributed by atoms with Crippen LogP contribution in [0.25, 0.3) is 0 Å². The Morgan fingerprint density at radius 3 is 2.31 bits per heavy atom. The molecule has 142 valence electrons. The SMILES string of the molecule is CN(C)C(CNS(=O)(=O)c1cccc(OC(F)(F)F)c1)c1ccccc1. The number of nitrogens with one attached hydrogen (secondary N) is 1. The lowest BCUT2D eigenvalue weighted by molar-refractivity contribution is -0.274. The molecule has 0 aliphatic heterocycles. The average molecular weight is 388 g/mol. The smallest absolute Gasteiger partial charge is 0.406 e. The number of sulfonamides is 1. The van der Waals surface area contributed by atoms with Crippen molar-refractivity contribution in [3.63, 3.8) is 0 Å². The molecule has 0 fully saturated rings. The molecular formula is C17H19F3N2O3S. The topological polar surface area (TPSA) is 58.6 Å². The molecule has 9 heteroatoms. The summed E-state index contributed by atoms with van der Waals surface area (Å²) in [7, 11) is -0.380. The fraction of sp³-hybridized carbons (Fsp3) is 0.294. The van der Waals surface area contributed by atoms with E-state index in [0.29, 0.717) is 0 Å². The number of alkyl halides is 3. The van der Waals surface area contributed by atoms with Gasteiger partial charge in [0, 0.05) is 18.7 Å². The molecule has 2 aromatic carbocycles. The molecule has 0 saturated carbocycles. The van der Waals surface area contributed by atoms with E-state index in [2.05, 4.69) is 9.46 Å². The monoisotopic (exact) mass is 388 g/mol. The quantitative estimate of drug-likeness (QED) is 0.792. The van der Waals surface area contributed by atoms with Gasteiger partial charge in [-0.25, -0.2) is 13.1 Å². The molecule has 2 rings (SSSR count). The van der Waals surface area contributed by atoms with Gasteiger partial charge in [0.2, 0.25) is 10.0 Å². The van der Waals surface area contributed by atoms with Gasteiger partial charge in [-0.3, -0.25) is 0 Å². The molecule has 1 atom stereocenters. The van der Waals surface area contributed by atoms with Crippen molar-refractivity contribution >= 4 is 10.0 Å². The van der Waals surface area contributed by atoms with Crippen LogP contribution in [0.4, 0.5) is 13.2 Å². The molecule has 1 unspecified atom stereocenters. The molecule has 0 radical (unpaired) electrons. The van der Waals surface area contributed by atoms with Gasteiger partial charge < -0.3 is 9.64 Å². The van der Waals surface area contributed by atoms with Crippen LogP contribution >= 0.6 is 0 Å². The van der Waals surface area contributed by atoms with E-state index < -0.39 is 22.1 Å². The summed E-state index contributed by atoms with van der Waals surface area (Å²) in [6, 6.07) is 13.3. The number of benzene rings is 2. The second kappa shape index (κ2) is 8.07. The van der Waals surface area contributed by atoms with E-state index in [1.54, 1.807) is 0 Å². The molecule has 2 aromatic rings. The van der Waals surface area contributed by atoms with Crippen LogP contribution in [0, 0.1) is 0 Å².